The Balaban J connectivity index is 2.11. The highest BCUT2D eigenvalue weighted by Gasteiger charge is 2.24. The van der Waals surface area contributed by atoms with Gasteiger partial charge in [-0.05, 0) is 46.8 Å². The minimum atomic E-state index is 0.179. The van der Waals surface area contributed by atoms with Crippen molar-refractivity contribution in [3.05, 3.63) is 20.8 Å². The maximum absolute atomic E-state index is 12.0. The average molecular weight is 274 g/mol. The van der Waals surface area contributed by atoms with E-state index in [2.05, 4.69) is 21.2 Å². The highest BCUT2D eigenvalue weighted by atomic mass is 79.9. The van der Waals surface area contributed by atoms with Crippen molar-refractivity contribution in [1.29, 1.82) is 0 Å². The zero-order chi connectivity index (χ0) is 9.97. The lowest BCUT2D eigenvalue weighted by Gasteiger charge is -2.20. The molecule has 1 atom stereocenters. The van der Waals surface area contributed by atoms with Crippen molar-refractivity contribution < 1.29 is 4.79 Å². The van der Waals surface area contributed by atoms with Crippen LogP contribution in [-0.4, -0.2) is 18.9 Å². The SMILES string of the molecule is O=C(c1sccc1Br)C1CCCNC1. The fraction of sp³-hybridized carbons (Fsp3) is 0.500. The number of piperidine rings is 1. The van der Waals surface area contributed by atoms with Gasteiger partial charge in [0.1, 0.15) is 0 Å². The van der Waals surface area contributed by atoms with Crippen LogP contribution < -0.4 is 5.32 Å². The second-order valence-corrected chi connectivity index (χ2v) is 5.28. The molecule has 4 heteroatoms. The molecule has 1 unspecified atom stereocenters. The molecule has 2 heterocycles. The fourth-order valence-electron chi connectivity index (χ4n) is 1.73. The third-order valence-electron chi connectivity index (χ3n) is 2.51. The molecule has 1 N–H and O–H groups in total. The van der Waals surface area contributed by atoms with Crippen LogP contribution in [0.2, 0.25) is 0 Å². The van der Waals surface area contributed by atoms with Crippen LogP contribution in [0.4, 0.5) is 0 Å². The molecule has 1 saturated heterocycles. The summed E-state index contributed by atoms with van der Waals surface area (Å²) >= 11 is 4.93. The van der Waals surface area contributed by atoms with E-state index in [0.717, 1.165) is 35.3 Å². The molecule has 0 radical (unpaired) electrons. The maximum Gasteiger partial charge on any atom is 0.178 e. The normalized spacial score (nSPS) is 22.2. The Labute approximate surface area is 95.8 Å². The lowest BCUT2D eigenvalue weighted by Crippen LogP contribution is -2.34. The molecule has 0 amide bonds. The second-order valence-electron chi connectivity index (χ2n) is 3.51. The van der Waals surface area contributed by atoms with Gasteiger partial charge in [-0.2, -0.15) is 0 Å². The van der Waals surface area contributed by atoms with Gasteiger partial charge in [0.15, 0.2) is 5.78 Å². The Morgan fingerprint density at radius 1 is 1.64 bits per heavy atom. The third kappa shape index (κ3) is 2.07. The van der Waals surface area contributed by atoms with E-state index in [1.807, 2.05) is 11.4 Å². The first-order valence-corrected chi connectivity index (χ1v) is 6.44. The lowest BCUT2D eigenvalue weighted by molar-refractivity contribution is 0.0903. The van der Waals surface area contributed by atoms with E-state index < -0.39 is 0 Å². The van der Waals surface area contributed by atoms with E-state index in [1.165, 1.54) is 11.3 Å². The molecule has 1 aromatic heterocycles. The van der Waals surface area contributed by atoms with Gasteiger partial charge < -0.3 is 5.32 Å². The molecule has 1 aliphatic rings. The van der Waals surface area contributed by atoms with Gasteiger partial charge in [-0.1, -0.05) is 0 Å². The molecule has 2 rings (SSSR count). The van der Waals surface area contributed by atoms with E-state index >= 15 is 0 Å². The smallest absolute Gasteiger partial charge is 0.178 e. The van der Waals surface area contributed by atoms with Crippen molar-refractivity contribution in [3.63, 3.8) is 0 Å². The van der Waals surface area contributed by atoms with Gasteiger partial charge in [-0.3, -0.25) is 4.79 Å². The van der Waals surface area contributed by atoms with Gasteiger partial charge in [-0.15, -0.1) is 11.3 Å². The van der Waals surface area contributed by atoms with Crippen molar-refractivity contribution in [3.8, 4) is 0 Å². The standard InChI is InChI=1S/C10H12BrNOS/c11-8-3-5-14-10(8)9(13)7-2-1-4-12-6-7/h3,5,7,12H,1-2,4,6H2. The van der Waals surface area contributed by atoms with Crippen LogP contribution in [0.3, 0.4) is 0 Å². The highest BCUT2D eigenvalue weighted by molar-refractivity contribution is 9.10. The molecule has 0 aromatic carbocycles. The first-order chi connectivity index (χ1) is 6.79. The van der Waals surface area contributed by atoms with Crippen LogP contribution in [0.5, 0.6) is 0 Å². The number of Topliss-reactive ketones (excluding diaryl/α,β-unsaturated/α-hetero) is 1. The summed E-state index contributed by atoms with van der Waals surface area (Å²) in [4.78, 5) is 12.9. The molecule has 0 saturated carbocycles. The van der Waals surface area contributed by atoms with Crippen LogP contribution in [-0.2, 0) is 0 Å². The summed E-state index contributed by atoms with van der Waals surface area (Å²) < 4.78 is 0.943. The predicted octanol–water partition coefficient (Wildman–Crippen LogP) is 2.69. The summed E-state index contributed by atoms with van der Waals surface area (Å²) in [5.41, 5.74) is 0. The van der Waals surface area contributed by atoms with Crippen molar-refractivity contribution in [2.45, 2.75) is 12.8 Å². The quantitative estimate of drug-likeness (QED) is 0.840. The largest absolute Gasteiger partial charge is 0.316 e. The van der Waals surface area contributed by atoms with Crippen molar-refractivity contribution in [2.24, 2.45) is 5.92 Å². The Bertz CT molecular complexity index is 331. The van der Waals surface area contributed by atoms with E-state index in [0.29, 0.717) is 5.78 Å². The summed E-state index contributed by atoms with van der Waals surface area (Å²) in [6, 6.07) is 1.94. The molecule has 0 aliphatic carbocycles. The van der Waals surface area contributed by atoms with Gasteiger partial charge in [0.2, 0.25) is 0 Å². The number of hydrogen-bond donors (Lipinski definition) is 1. The molecule has 1 aromatic rings. The zero-order valence-electron chi connectivity index (χ0n) is 7.75. The van der Waals surface area contributed by atoms with Crippen molar-refractivity contribution in [1.82, 2.24) is 5.32 Å². The van der Waals surface area contributed by atoms with Crippen molar-refractivity contribution >= 4 is 33.0 Å². The number of carbonyl (C=O) groups is 1. The van der Waals surface area contributed by atoms with Gasteiger partial charge in [0.05, 0.1) is 4.88 Å². The zero-order valence-corrected chi connectivity index (χ0v) is 10.2. The molecular weight excluding hydrogens is 262 g/mol. The number of halogens is 1. The van der Waals surface area contributed by atoms with E-state index in [1.54, 1.807) is 0 Å². The minimum Gasteiger partial charge on any atom is -0.316 e. The van der Waals surface area contributed by atoms with Gasteiger partial charge in [-0.25, -0.2) is 0 Å². The molecule has 0 spiro atoms. The second kappa shape index (κ2) is 4.55. The summed E-state index contributed by atoms with van der Waals surface area (Å²) in [5.74, 6) is 0.470. The number of carbonyl (C=O) groups excluding carboxylic acids is 1. The van der Waals surface area contributed by atoms with E-state index in [-0.39, 0.29) is 5.92 Å². The monoisotopic (exact) mass is 273 g/mol. The first-order valence-electron chi connectivity index (χ1n) is 4.77. The molecule has 2 nitrogen and oxygen atoms in total. The summed E-state index contributed by atoms with van der Waals surface area (Å²) in [5, 5.41) is 5.22. The van der Waals surface area contributed by atoms with E-state index in [9.17, 15) is 4.79 Å². The minimum absolute atomic E-state index is 0.179. The number of hydrogen-bond acceptors (Lipinski definition) is 3. The Hall–Kier alpha value is -0.190. The number of rotatable bonds is 2. The summed E-state index contributed by atoms with van der Waals surface area (Å²) in [6.07, 6.45) is 2.13. The lowest BCUT2D eigenvalue weighted by atomic mass is 9.94. The molecular formula is C10H12BrNOS. The van der Waals surface area contributed by atoms with Gasteiger partial charge >= 0.3 is 0 Å². The number of nitrogens with one attached hydrogen (secondary N) is 1. The number of ketones is 1. The predicted molar refractivity (Wildman–Crippen MR) is 61.9 cm³/mol. The number of thiophene rings is 1. The van der Waals surface area contributed by atoms with Crippen molar-refractivity contribution in [2.75, 3.05) is 13.1 Å². The third-order valence-corrected chi connectivity index (χ3v) is 4.36. The van der Waals surface area contributed by atoms with Crippen LogP contribution in [0.15, 0.2) is 15.9 Å². The molecule has 14 heavy (non-hydrogen) atoms. The van der Waals surface area contributed by atoms with E-state index in [4.69, 9.17) is 0 Å². The van der Waals surface area contributed by atoms with Gasteiger partial charge in [0, 0.05) is 16.9 Å². The Morgan fingerprint density at radius 2 is 2.50 bits per heavy atom. The van der Waals surface area contributed by atoms with Gasteiger partial charge in [0.25, 0.3) is 0 Å². The van der Waals surface area contributed by atoms with Crippen LogP contribution in [0.1, 0.15) is 22.5 Å². The highest BCUT2D eigenvalue weighted by Crippen LogP contribution is 2.27. The van der Waals surface area contributed by atoms with Crippen LogP contribution in [0, 0.1) is 5.92 Å². The maximum atomic E-state index is 12.0. The Morgan fingerprint density at radius 3 is 3.07 bits per heavy atom. The Kier molecular flexibility index (Phi) is 3.36. The summed E-state index contributed by atoms with van der Waals surface area (Å²) in [6.45, 7) is 1.89. The molecule has 1 fully saturated rings. The van der Waals surface area contributed by atoms with Crippen LogP contribution in [0.25, 0.3) is 0 Å². The first kappa shape index (κ1) is 10.3. The molecule has 1 aliphatic heterocycles. The molecule has 76 valence electrons. The summed E-state index contributed by atoms with van der Waals surface area (Å²) in [7, 11) is 0. The topological polar surface area (TPSA) is 29.1 Å². The fourth-order valence-corrected chi connectivity index (χ4v) is 3.32. The average Bonchev–Trinajstić information content (AvgIpc) is 2.65. The van der Waals surface area contributed by atoms with Crippen LogP contribution >= 0.6 is 27.3 Å². The molecule has 0 bridgehead atoms.